The minimum atomic E-state index is 0. The Morgan fingerprint density at radius 3 is 2.26 bits per heavy atom. The first kappa shape index (κ1) is 28.1. The van der Waals surface area contributed by atoms with E-state index in [9.17, 15) is 4.79 Å². The lowest BCUT2D eigenvalue weighted by Gasteiger charge is -2.20. The molecule has 2 aromatic carbocycles. The Labute approximate surface area is 222 Å². The summed E-state index contributed by atoms with van der Waals surface area (Å²) in [5.74, 6) is 0.811. The van der Waals surface area contributed by atoms with E-state index in [1.807, 2.05) is 24.3 Å². The molecule has 7 heteroatoms. The molecular formula is C27H40IN5O. The van der Waals surface area contributed by atoms with E-state index < -0.39 is 0 Å². The van der Waals surface area contributed by atoms with Crippen LogP contribution in [0.4, 0.5) is 0 Å². The van der Waals surface area contributed by atoms with E-state index in [0.717, 1.165) is 24.6 Å². The van der Waals surface area contributed by atoms with Gasteiger partial charge in [0.25, 0.3) is 5.91 Å². The average Bonchev–Trinajstić information content (AvgIpc) is 3.09. The minimum absolute atomic E-state index is 0. The summed E-state index contributed by atoms with van der Waals surface area (Å²) in [6.07, 6.45) is 5.36. The number of hydrogen-bond acceptors (Lipinski definition) is 3. The molecule has 2 N–H and O–H groups in total. The Morgan fingerprint density at radius 2 is 1.62 bits per heavy atom. The van der Waals surface area contributed by atoms with Gasteiger partial charge in [0, 0.05) is 39.3 Å². The zero-order valence-corrected chi connectivity index (χ0v) is 23.2. The van der Waals surface area contributed by atoms with Crippen molar-refractivity contribution in [2.75, 3.05) is 33.7 Å². The molecule has 0 aromatic heterocycles. The number of hydrogen-bond donors (Lipinski definition) is 2. The second kappa shape index (κ2) is 15.0. The maximum atomic E-state index is 12.1. The predicted molar refractivity (Wildman–Crippen MR) is 152 cm³/mol. The molecule has 2 aromatic rings. The average molecular weight is 578 g/mol. The number of nitrogens with one attached hydrogen (secondary N) is 2. The van der Waals surface area contributed by atoms with Gasteiger partial charge in [-0.05, 0) is 61.7 Å². The lowest BCUT2D eigenvalue weighted by atomic mass is 10.1. The minimum Gasteiger partial charge on any atom is -0.357 e. The molecule has 1 heterocycles. The molecule has 1 fully saturated rings. The molecule has 0 bridgehead atoms. The first-order valence-electron chi connectivity index (χ1n) is 12.2. The number of benzene rings is 2. The van der Waals surface area contributed by atoms with Crippen molar-refractivity contribution < 1.29 is 4.79 Å². The number of carbonyl (C=O) groups is 1. The van der Waals surface area contributed by atoms with Crippen LogP contribution in [0.15, 0.2) is 53.5 Å². The van der Waals surface area contributed by atoms with Crippen molar-refractivity contribution >= 4 is 35.8 Å². The molecule has 0 spiro atoms. The van der Waals surface area contributed by atoms with Gasteiger partial charge in [-0.1, -0.05) is 49.2 Å². The molecule has 0 saturated carbocycles. The fraction of sp³-hybridized carbons (Fsp3) is 0.481. The van der Waals surface area contributed by atoms with Crippen molar-refractivity contribution in [3.63, 3.8) is 0 Å². The number of carbonyl (C=O) groups excluding carboxylic acids is 1. The Bertz CT molecular complexity index is 905. The lowest BCUT2D eigenvalue weighted by Crippen LogP contribution is -2.36. The molecule has 34 heavy (non-hydrogen) atoms. The van der Waals surface area contributed by atoms with Gasteiger partial charge in [-0.2, -0.15) is 0 Å². The van der Waals surface area contributed by atoms with Gasteiger partial charge in [0.05, 0.1) is 6.54 Å². The molecule has 0 unspecified atom stereocenters. The van der Waals surface area contributed by atoms with Crippen molar-refractivity contribution in [2.24, 2.45) is 4.99 Å². The number of halogens is 1. The number of likely N-dealkylation sites (tertiary alicyclic amines) is 1. The third-order valence-electron chi connectivity index (χ3n) is 5.93. The Hall–Kier alpha value is -2.13. The van der Waals surface area contributed by atoms with Crippen molar-refractivity contribution in [3.05, 3.63) is 70.8 Å². The number of rotatable bonds is 8. The monoisotopic (exact) mass is 577 g/mol. The van der Waals surface area contributed by atoms with Gasteiger partial charge < -0.3 is 15.5 Å². The van der Waals surface area contributed by atoms with E-state index in [4.69, 9.17) is 4.99 Å². The van der Waals surface area contributed by atoms with Crippen molar-refractivity contribution in [2.45, 2.75) is 52.2 Å². The first-order valence-corrected chi connectivity index (χ1v) is 12.2. The largest absolute Gasteiger partial charge is 0.357 e. The molecule has 1 amide bonds. The Kier molecular flexibility index (Phi) is 12.4. The highest BCUT2D eigenvalue weighted by Gasteiger charge is 2.10. The third kappa shape index (κ3) is 9.25. The van der Waals surface area contributed by atoms with Gasteiger partial charge in [0.2, 0.25) is 0 Å². The van der Waals surface area contributed by atoms with Crippen molar-refractivity contribution in [3.8, 4) is 0 Å². The van der Waals surface area contributed by atoms with Crippen LogP contribution < -0.4 is 10.6 Å². The molecule has 1 aliphatic heterocycles. The van der Waals surface area contributed by atoms with Gasteiger partial charge in [-0.3, -0.25) is 9.69 Å². The zero-order valence-electron chi connectivity index (χ0n) is 20.8. The number of amides is 1. The van der Waals surface area contributed by atoms with Crippen LogP contribution in [-0.2, 0) is 19.6 Å². The first-order chi connectivity index (χ1) is 16.0. The van der Waals surface area contributed by atoms with Crippen LogP contribution in [0.5, 0.6) is 0 Å². The normalized spacial score (nSPS) is 14.6. The highest BCUT2D eigenvalue weighted by Crippen LogP contribution is 2.15. The SMILES string of the molecule is CCNC(=NCc1cccc(CN2CCCCCC2)c1)NCc1ccc(C(=O)N(C)C)cc1.I. The molecule has 0 aliphatic carbocycles. The molecule has 1 saturated heterocycles. The summed E-state index contributed by atoms with van der Waals surface area (Å²) in [6.45, 7) is 7.61. The van der Waals surface area contributed by atoms with E-state index in [0.29, 0.717) is 18.7 Å². The maximum absolute atomic E-state index is 12.1. The quantitative estimate of drug-likeness (QED) is 0.273. The van der Waals surface area contributed by atoms with Gasteiger partial charge in [0.1, 0.15) is 0 Å². The molecule has 3 rings (SSSR count). The van der Waals surface area contributed by atoms with E-state index >= 15 is 0 Å². The van der Waals surface area contributed by atoms with Crippen LogP contribution in [0, 0.1) is 0 Å². The van der Waals surface area contributed by atoms with Crippen molar-refractivity contribution in [1.82, 2.24) is 20.4 Å². The van der Waals surface area contributed by atoms with E-state index in [2.05, 4.69) is 46.7 Å². The summed E-state index contributed by atoms with van der Waals surface area (Å²) in [4.78, 5) is 21.0. The van der Waals surface area contributed by atoms with E-state index in [1.54, 1.807) is 19.0 Å². The molecular weight excluding hydrogens is 537 g/mol. The predicted octanol–water partition coefficient (Wildman–Crippen LogP) is 4.64. The zero-order chi connectivity index (χ0) is 23.5. The lowest BCUT2D eigenvalue weighted by molar-refractivity contribution is 0.0827. The van der Waals surface area contributed by atoms with Crippen molar-refractivity contribution in [1.29, 1.82) is 0 Å². The highest BCUT2D eigenvalue weighted by atomic mass is 127. The summed E-state index contributed by atoms with van der Waals surface area (Å²) in [5.41, 5.74) is 4.40. The van der Waals surface area contributed by atoms with Crippen LogP contribution >= 0.6 is 24.0 Å². The van der Waals surface area contributed by atoms with Gasteiger partial charge in [-0.15, -0.1) is 24.0 Å². The second-order valence-electron chi connectivity index (χ2n) is 8.96. The summed E-state index contributed by atoms with van der Waals surface area (Å²) in [6, 6.07) is 16.5. The molecule has 1 aliphatic rings. The topological polar surface area (TPSA) is 60.0 Å². The summed E-state index contributed by atoms with van der Waals surface area (Å²) >= 11 is 0. The maximum Gasteiger partial charge on any atom is 0.253 e. The third-order valence-corrected chi connectivity index (χ3v) is 5.93. The van der Waals surface area contributed by atoms with Crippen LogP contribution in [0.2, 0.25) is 0 Å². The molecule has 0 radical (unpaired) electrons. The Balaban J connectivity index is 0.00000408. The standard InChI is InChI=1S/C27H39N5O.HI/c1-4-28-27(29-19-22-12-14-25(15-13-22)26(33)31(2)3)30-20-23-10-9-11-24(18-23)21-32-16-7-5-6-8-17-32;/h9-15,18H,4-8,16-17,19-21H2,1-3H3,(H2,28,29,30);1H. The van der Waals surface area contributed by atoms with Crippen LogP contribution in [0.1, 0.15) is 59.7 Å². The van der Waals surface area contributed by atoms with E-state index in [-0.39, 0.29) is 29.9 Å². The fourth-order valence-electron chi connectivity index (χ4n) is 4.10. The highest BCUT2D eigenvalue weighted by molar-refractivity contribution is 14.0. The van der Waals surface area contributed by atoms with Crippen LogP contribution in [-0.4, -0.2) is 55.4 Å². The molecule has 0 atom stereocenters. The molecule has 186 valence electrons. The van der Waals surface area contributed by atoms with Gasteiger partial charge in [0.15, 0.2) is 5.96 Å². The number of aliphatic imine (C=N–C) groups is 1. The molecule has 6 nitrogen and oxygen atoms in total. The van der Waals surface area contributed by atoms with Gasteiger partial charge in [-0.25, -0.2) is 4.99 Å². The summed E-state index contributed by atoms with van der Waals surface area (Å²) in [7, 11) is 3.53. The van der Waals surface area contributed by atoms with Crippen LogP contribution in [0.25, 0.3) is 0 Å². The second-order valence-corrected chi connectivity index (χ2v) is 8.96. The van der Waals surface area contributed by atoms with E-state index in [1.165, 1.54) is 49.9 Å². The Morgan fingerprint density at radius 1 is 0.941 bits per heavy atom. The summed E-state index contributed by atoms with van der Waals surface area (Å²) < 4.78 is 0. The van der Waals surface area contributed by atoms with Crippen LogP contribution in [0.3, 0.4) is 0 Å². The fourth-order valence-corrected chi connectivity index (χ4v) is 4.10. The summed E-state index contributed by atoms with van der Waals surface area (Å²) in [5, 5.41) is 6.73. The number of nitrogens with zero attached hydrogens (tertiary/aromatic N) is 3. The smallest absolute Gasteiger partial charge is 0.253 e. The van der Waals surface area contributed by atoms with Gasteiger partial charge >= 0.3 is 0 Å². The number of guanidine groups is 1.